The summed E-state index contributed by atoms with van der Waals surface area (Å²) in [6.45, 7) is 13.3. The molecule has 0 aromatic carbocycles. The van der Waals surface area contributed by atoms with Gasteiger partial charge in [-0.25, -0.2) is 0 Å². The molecule has 5 rings (SSSR count). The van der Waals surface area contributed by atoms with E-state index in [2.05, 4.69) is 40.7 Å². The monoisotopic (exact) mass is 518 g/mol. The fraction of sp³-hybridized carbons (Fsp3) is 0.903. The summed E-state index contributed by atoms with van der Waals surface area (Å²) in [5.74, 6) is 0.00277. The van der Waals surface area contributed by atoms with Crippen molar-refractivity contribution >= 4 is 5.97 Å². The van der Waals surface area contributed by atoms with Gasteiger partial charge in [-0.1, -0.05) is 53.2 Å². The molecule has 0 saturated heterocycles. The van der Waals surface area contributed by atoms with Gasteiger partial charge >= 0.3 is 5.97 Å². The van der Waals surface area contributed by atoms with Crippen LogP contribution in [0.5, 0.6) is 0 Å². The van der Waals surface area contributed by atoms with Crippen LogP contribution in [0.3, 0.4) is 0 Å². The number of esters is 1. The van der Waals surface area contributed by atoms with E-state index in [0.717, 1.165) is 32.1 Å². The van der Waals surface area contributed by atoms with Crippen molar-refractivity contribution in [2.75, 3.05) is 13.7 Å². The molecule has 0 heterocycles. The molecule has 37 heavy (non-hydrogen) atoms. The van der Waals surface area contributed by atoms with Gasteiger partial charge in [0.1, 0.15) is 5.41 Å². The number of rotatable bonds is 2. The molecule has 4 saturated carbocycles. The lowest BCUT2D eigenvalue weighted by Gasteiger charge is -2.72. The van der Waals surface area contributed by atoms with E-state index in [1.165, 1.54) is 12.7 Å². The number of hydrogen-bond acceptors (Lipinski definition) is 6. The zero-order chi connectivity index (χ0) is 27.4. The first-order valence-corrected chi connectivity index (χ1v) is 14.5. The lowest BCUT2D eigenvalue weighted by molar-refractivity contribution is -0.248. The number of ether oxygens (including phenoxy) is 1. The highest BCUT2D eigenvalue weighted by Gasteiger charge is 2.72. The van der Waals surface area contributed by atoms with E-state index in [1.807, 2.05) is 6.92 Å². The normalized spacial score (nSPS) is 54.6. The maximum atomic E-state index is 13.4. The van der Waals surface area contributed by atoms with Crippen LogP contribution in [0.15, 0.2) is 11.6 Å². The number of fused-ring (bicyclic) bond motifs is 7. The van der Waals surface area contributed by atoms with Crippen LogP contribution in [0, 0.1) is 50.2 Å². The number of hydrogen-bond donors (Lipinski definition) is 4. The van der Waals surface area contributed by atoms with Crippen molar-refractivity contribution in [1.82, 2.24) is 0 Å². The largest absolute Gasteiger partial charge is 0.468 e. The Morgan fingerprint density at radius 1 is 0.973 bits per heavy atom. The quantitative estimate of drug-likeness (QED) is 0.322. The topological polar surface area (TPSA) is 107 Å². The summed E-state index contributed by atoms with van der Waals surface area (Å²) < 4.78 is 5.38. The van der Waals surface area contributed by atoms with E-state index in [1.54, 1.807) is 0 Å². The Labute approximate surface area is 222 Å². The molecule has 0 aliphatic heterocycles. The Morgan fingerprint density at radius 2 is 1.65 bits per heavy atom. The Balaban J connectivity index is 1.64. The number of carbonyl (C=O) groups is 1. The first-order chi connectivity index (χ1) is 17.1. The average molecular weight is 519 g/mol. The van der Waals surface area contributed by atoms with E-state index in [0.29, 0.717) is 19.3 Å². The zero-order valence-corrected chi connectivity index (χ0v) is 24.0. The smallest absolute Gasteiger partial charge is 0.315 e. The molecule has 4 fully saturated rings. The second kappa shape index (κ2) is 8.28. The van der Waals surface area contributed by atoms with Crippen molar-refractivity contribution in [3.63, 3.8) is 0 Å². The maximum absolute atomic E-state index is 13.4. The molecule has 0 aromatic heterocycles. The van der Waals surface area contributed by atoms with Gasteiger partial charge in [0.25, 0.3) is 0 Å². The first kappa shape index (κ1) is 27.6. The molecule has 210 valence electrons. The highest BCUT2D eigenvalue weighted by molar-refractivity contribution is 5.79. The Kier molecular flexibility index (Phi) is 6.18. The molecule has 4 N–H and O–H groups in total. The number of aliphatic hydroxyl groups excluding tert-OH is 4. The van der Waals surface area contributed by atoms with Crippen molar-refractivity contribution in [3.8, 4) is 0 Å². The van der Waals surface area contributed by atoms with Crippen molar-refractivity contribution in [2.24, 2.45) is 50.2 Å². The molecule has 6 nitrogen and oxygen atoms in total. The average Bonchev–Trinajstić information content (AvgIpc) is 2.82. The molecule has 0 aromatic rings. The predicted octanol–water partition coefficient (Wildman–Crippen LogP) is 4.24. The van der Waals surface area contributed by atoms with Crippen LogP contribution in [0.1, 0.15) is 92.9 Å². The summed E-state index contributed by atoms with van der Waals surface area (Å²) in [5, 5.41) is 44.3. The molecule has 0 amide bonds. The fourth-order valence-corrected chi connectivity index (χ4v) is 11.0. The van der Waals surface area contributed by atoms with Crippen LogP contribution >= 0.6 is 0 Å². The van der Waals surface area contributed by atoms with Crippen LogP contribution < -0.4 is 0 Å². The van der Waals surface area contributed by atoms with Gasteiger partial charge in [-0.05, 0) is 90.8 Å². The van der Waals surface area contributed by atoms with Crippen LogP contribution in [0.25, 0.3) is 0 Å². The molecule has 6 heteroatoms. The molecule has 0 bridgehead atoms. The predicted molar refractivity (Wildman–Crippen MR) is 141 cm³/mol. The maximum Gasteiger partial charge on any atom is 0.315 e. The van der Waals surface area contributed by atoms with Gasteiger partial charge in [-0.2, -0.15) is 0 Å². The Hall–Kier alpha value is -0.950. The van der Waals surface area contributed by atoms with E-state index >= 15 is 0 Å². The molecule has 0 spiro atoms. The van der Waals surface area contributed by atoms with E-state index in [4.69, 9.17) is 4.74 Å². The van der Waals surface area contributed by atoms with Crippen LogP contribution in [0.2, 0.25) is 0 Å². The first-order valence-electron chi connectivity index (χ1n) is 14.5. The molecule has 0 unspecified atom stereocenters. The molecule has 5 aliphatic carbocycles. The standard InChI is InChI=1S/C31H50O6/c1-26(2)12-13-31(25(36)37-7)19(14-26)18-8-9-22-27(3)15-20(33)24(35)28(4,17-32)21(27)10-11-29(22,5)30(18,6)16-23(31)34/h8,19-24,32-35H,9-17H2,1-7H3/t19-,20-,21+,22+,23-,24-,27-,28-,29+,30+,31+/m0/s1. The summed E-state index contributed by atoms with van der Waals surface area (Å²) in [6, 6.07) is 0. The van der Waals surface area contributed by atoms with E-state index < -0.39 is 29.1 Å². The molecular weight excluding hydrogens is 468 g/mol. The van der Waals surface area contributed by atoms with Crippen LogP contribution in [-0.2, 0) is 9.53 Å². The van der Waals surface area contributed by atoms with Crippen molar-refractivity contribution < 1.29 is 30.0 Å². The van der Waals surface area contributed by atoms with Gasteiger partial charge in [0.05, 0.1) is 32.0 Å². The van der Waals surface area contributed by atoms with Gasteiger partial charge in [-0.3, -0.25) is 4.79 Å². The third-order valence-corrected chi connectivity index (χ3v) is 13.3. The third-order valence-electron chi connectivity index (χ3n) is 13.3. The summed E-state index contributed by atoms with van der Waals surface area (Å²) in [6.07, 6.45) is 5.88. The minimum atomic E-state index is -0.938. The Morgan fingerprint density at radius 3 is 2.27 bits per heavy atom. The Bertz CT molecular complexity index is 990. The minimum absolute atomic E-state index is 0.0535. The third kappa shape index (κ3) is 3.28. The van der Waals surface area contributed by atoms with Crippen molar-refractivity contribution in [2.45, 2.75) is 111 Å². The second-order valence-electron chi connectivity index (χ2n) is 15.3. The second-order valence-corrected chi connectivity index (χ2v) is 15.3. The summed E-state index contributed by atoms with van der Waals surface area (Å²) in [7, 11) is 1.45. The zero-order valence-electron chi connectivity index (χ0n) is 24.0. The van der Waals surface area contributed by atoms with Crippen LogP contribution in [-0.4, -0.2) is 58.4 Å². The lowest BCUT2D eigenvalue weighted by atomic mass is 9.33. The van der Waals surface area contributed by atoms with Gasteiger partial charge < -0.3 is 25.2 Å². The summed E-state index contributed by atoms with van der Waals surface area (Å²) >= 11 is 0. The van der Waals surface area contributed by atoms with E-state index in [9.17, 15) is 25.2 Å². The number of allylic oxidation sites excluding steroid dienone is 2. The van der Waals surface area contributed by atoms with E-state index in [-0.39, 0.29) is 52.0 Å². The summed E-state index contributed by atoms with van der Waals surface area (Å²) in [4.78, 5) is 13.4. The van der Waals surface area contributed by atoms with Gasteiger partial charge in [0.15, 0.2) is 0 Å². The summed E-state index contributed by atoms with van der Waals surface area (Å²) in [5.41, 5.74) is -0.936. The van der Waals surface area contributed by atoms with Crippen molar-refractivity contribution in [3.05, 3.63) is 11.6 Å². The number of carbonyl (C=O) groups excluding carboxylic acids is 1. The fourth-order valence-electron chi connectivity index (χ4n) is 11.0. The molecular formula is C31H50O6. The highest BCUT2D eigenvalue weighted by atomic mass is 16.5. The van der Waals surface area contributed by atoms with Crippen LogP contribution in [0.4, 0.5) is 0 Å². The number of methoxy groups -OCH3 is 1. The van der Waals surface area contributed by atoms with Gasteiger partial charge in [0.2, 0.25) is 0 Å². The SMILES string of the molecule is COC(=O)[C@]12CCC(C)(C)C[C@H]1C1=CC[C@@H]3[C@@]4(C)C[C@H](O)[C@H](O)[C@@](C)(CO)[C@@H]4CC[C@@]3(C)[C@]1(C)C[C@@H]2O. The highest BCUT2D eigenvalue weighted by Crippen LogP contribution is 2.75. The lowest BCUT2D eigenvalue weighted by Crippen LogP contribution is -2.69. The molecule has 0 radical (unpaired) electrons. The van der Waals surface area contributed by atoms with Crippen molar-refractivity contribution in [1.29, 1.82) is 0 Å². The molecule has 5 aliphatic rings. The minimum Gasteiger partial charge on any atom is -0.468 e. The van der Waals surface area contributed by atoms with Gasteiger partial charge in [-0.15, -0.1) is 0 Å². The van der Waals surface area contributed by atoms with Gasteiger partial charge in [0, 0.05) is 5.41 Å². The number of aliphatic hydroxyl groups is 4. The molecule has 11 atom stereocenters.